The molecule has 1 aliphatic heterocycles. The molecule has 0 aliphatic carbocycles. The van der Waals surface area contributed by atoms with E-state index in [2.05, 4.69) is 16.2 Å². The van der Waals surface area contributed by atoms with Crippen LogP contribution in [-0.2, 0) is 11.2 Å². The fraction of sp³-hybridized carbons (Fsp3) is 0.417. The number of aryl methyl sites for hydroxylation is 1. The van der Waals surface area contributed by atoms with Crippen molar-refractivity contribution in [2.45, 2.75) is 18.9 Å². The van der Waals surface area contributed by atoms with Crippen LogP contribution >= 0.6 is 0 Å². The molecule has 1 fully saturated rings. The van der Waals surface area contributed by atoms with Gasteiger partial charge in [0.25, 0.3) is 0 Å². The Balaban J connectivity index is 1.77. The number of hydrogen-bond donors (Lipinski definition) is 3. The zero-order valence-corrected chi connectivity index (χ0v) is 9.50. The van der Waals surface area contributed by atoms with E-state index < -0.39 is 0 Å². The van der Waals surface area contributed by atoms with Gasteiger partial charge < -0.3 is 5.32 Å². The summed E-state index contributed by atoms with van der Waals surface area (Å²) in [4.78, 5) is 11.6. The zero-order chi connectivity index (χ0) is 12.1. The molecule has 17 heavy (non-hydrogen) atoms. The number of benzene rings is 1. The lowest BCUT2D eigenvalue weighted by Gasteiger charge is -2.10. The average Bonchev–Trinajstić information content (AvgIpc) is 2.81. The average molecular weight is 237 g/mol. The third-order valence-electron chi connectivity index (χ3n) is 2.77. The first-order valence-corrected chi connectivity index (χ1v) is 5.74. The van der Waals surface area contributed by atoms with Gasteiger partial charge in [-0.15, -0.1) is 0 Å². The summed E-state index contributed by atoms with van der Waals surface area (Å²) in [6.45, 7) is 1.46. The molecule has 1 aromatic rings. The van der Waals surface area contributed by atoms with Crippen molar-refractivity contribution >= 4 is 5.91 Å². The van der Waals surface area contributed by atoms with E-state index in [4.69, 9.17) is 0 Å². The van der Waals surface area contributed by atoms with E-state index in [1.165, 1.54) is 6.07 Å². The molecule has 1 aliphatic rings. The first-order valence-electron chi connectivity index (χ1n) is 5.74. The van der Waals surface area contributed by atoms with Crippen molar-refractivity contribution in [3.63, 3.8) is 0 Å². The van der Waals surface area contributed by atoms with Crippen molar-refractivity contribution in [3.05, 3.63) is 35.6 Å². The van der Waals surface area contributed by atoms with Crippen LogP contribution < -0.4 is 16.2 Å². The summed E-state index contributed by atoms with van der Waals surface area (Å²) in [5.41, 5.74) is 6.46. The number of carbonyl (C=O) groups is 1. The van der Waals surface area contributed by atoms with Gasteiger partial charge in [0, 0.05) is 19.5 Å². The first-order chi connectivity index (χ1) is 8.25. The van der Waals surface area contributed by atoms with Gasteiger partial charge in [0.1, 0.15) is 5.82 Å². The van der Waals surface area contributed by atoms with Crippen LogP contribution in [0.2, 0.25) is 0 Å². The van der Waals surface area contributed by atoms with E-state index in [9.17, 15) is 9.18 Å². The standard InChI is InChI=1S/C12H16FN3O/c13-11-4-2-1-3-9(11)5-6-12(17)16-10-7-14-15-8-10/h1-4,10,14-15H,5-8H2,(H,16,17). The van der Waals surface area contributed by atoms with Gasteiger partial charge >= 0.3 is 0 Å². The molecular weight excluding hydrogens is 221 g/mol. The highest BCUT2D eigenvalue weighted by Gasteiger charge is 2.16. The highest BCUT2D eigenvalue weighted by molar-refractivity contribution is 5.76. The van der Waals surface area contributed by atoms with Crippen molar-refractivity contribution in [2.75, 3.05) is 13.1 Å². The van der Waals surface area contributed by atoms with Crippen LogP contribution in [0.4, 0.5) is 4.39 Å². The number of rotatable bonds is 4. The zero-order valence-electron chi connectivity index (χ0n) is 9.50. The van der Waals surface area contributed by atoms with E-state index in [-0.39, 0.29) is 17.8 Å². The van der Waals surface area contributed by atoms with Gasteiger partial charge in [0.15, 0.2) is 0 Å². The van der Waals surface area contributed by atoms with Crippen molar-refractivity contribution in [2.24, 2.45) is 0 Å². The molecule has 0 spiro atoms. The Kier molecular flexibility index (Phi) is 4.06. The van der Waals surface area contributed by atoms with Gasteiger partial charge in [0.2, 0.25) is 5.91 Å². The Bertz CT molecular complexity index is 391. The van der Waals surface area contributed by atoms with Crippen molar-refractivity contribution < 1.29 is 9.18 Å². The fourth-order valence-corrected chi connectivity index (χ4v) is 1.81. The molecule has 0 bridgehead atoms. The van der Waals surface area contributed by atoms with E-state index in [1.54, 1.807) is 18.2 Å². The molecule has 92 valence electrons. The highest BCUT2D eigenvalue weighted by atomic mass is 19.1. The topological polar surface area (TPSA) is 53.2 Å². The molecule has 1 heterocycles. The van der Waals surface area contributed by atoms with E-state index in [0.717, 1.165) is 13.1 Å². The number of amides is 1. The minimum absolute atomic E-state index is 0.0382. The van der Waals surface area contributed by atoms with Crippen molar-refractivity contribution in [3.8, 4) is 0 Å². The number of hydrogen-bond acceptors (Lipinski definition) is 3. The Labute approximate surface area is 99.6 Å². The van der Waals surface area contributed by atoms with Crippen LogP contribution in [0.15, 0.2) is 24.3 Å². The largest absolute Gasteiger partial charge is 0.351 e. The second-order valence-corrected chi connectivity index (χ2v) is 4.12. The summed E-state index contributed by atoms with van der Waals surface area (Å²) in [7, 11) is 0. The molecule has 1 saturated heterocycles. The second kappa shape index (κ2) is 5.75. The van der Waals surface area contributed by atoms with Gasteiger partial charge in [-0.1, -0.05) is 18.2 Å². The van der Waals surface area contributed by atoms with Gasteiger partial charge in [-0.2, -0.15) is 0 Å². The monoisotopic (exact) mass is 237 g/mol. The third-order valence-corrected chi connectivity index (χ3v) is 2.77. The Morgan fingerprint density at radius 2 is 2.06 bits per heavy atom. The number of carbonyl (C=O) groups excluding carboxylic acids is 1. The van der Waals surface area contributed by atoms with E-state index in [0.29, 0.717) is 18.4 Å². The summed E-state index contributed by atoms with van der Waals surface area (Å²) in [6, 6.07) is 6.68. The summed E-state index contributed by atoms with van der Waals surface area (Å²) >= 11 is 0. The van der Waals surface area contributed by atoms with Crippen LogP contribution in [0.1, 0.15) is 12.0 Å². The predicted molar refractivity (Wildman–Crippen MR) is 62.7 cm³/mol. The molecule has 3 N–H and O–H groups in total. The maximum atomic E-state index is 13.3. The first kappa shape index (κ1) is 12.0. The molecule has 0 saturated carbocycles. The maximum absolute atomic E-state index is 13.3. The number of nitrogens with one attached hydrogen (secondary N) is 3. The van der Waals surface area contributed by atoms with Gasteiger partial charge in [0.05, 0.1) is 6.04 Å². The molecule has 4 nitrogen and oxygen atoms in total. The lowest BCUT2D eigenvalue weighted by Crippen LogP contribution is -2.38. The van der Waals surface area contributed by atoms with Crippen molar-refractivity contribution in [1.29, 1.82) is 0 Å². The molecule has 2 rings (SSSR count). The number of halogens is 1. The fourth-order valence-electron chi connectivity index (χ4n) is 1.81. The van der Waals surface area contributed by atoms with Crippen LogP contribution in [0, 0.1) is 5.82 Å². The van der Waals surface area contributed by atoms with Crippen LogP contribution in [-0.4, -0.2) is 25.0 Å². The summed E-state index contributed by atoms with van der Waals surface area (Å²) in [6.07, 6.45) is 0.753. The highest BCUT2D eigenvalue weighted by Crippen LogP contribution is 2.08. The second-order valence-electron chi connectivity index (χ2n) is 4.12. The molecular formula is C12H16FN3O. The lowest BCUT2D eigenvalue weighted by atomic mass is 10.1. The quantitative estimate of drug-likeness (QED) is 0.708. The SMILES string of the molecule is O=C(CCc1ccccc1F)NC1CNNC1. The molecule has 0 unspecified atom stereocenters. The van der Waals surface area contributed by atoms with Crippen molar-refractivity contribution in [1.82, 2.24) is 16.2 Å². The van der Waals surface area contributed by atoms with E-state index in [1.807, 2.05) is 0 Å². The normalized spacial score (nSPS) is 16.1. The third kappa shape index (κ3) is 3.51. The smallest absolute Gasteiger partial charge is 0.220 e. The van der Waals surface area contributed by atoms with Gasteiger partial charge in [-0.05, 0) is 18.1 Å². The predicted octanol–water partition coefficient (Wildman–Crippen LogP) is 0.351. The number of hydrazine groups is 1. The molecule has 0 atom stereocenters. The van der Waals surface area contributed by atoms with E-state index >= 15 is 0 Å². The maximum Gasteiger partial charge on any atom is 0.220 e. The Morgan fingerprint density at radius 1 is 1.35 bits per heavy atom. The molecule has 1 aromatic carbocycles. The van der Waals surface area contributed by atoms with Crippen LogP contribution in [0.25, 0.3) is 0 Å². The molecule has 0 radical (unpaired) electrons. The Morgan fingerprint density at radius 3 is 2.76 bits per heavy atom. The summed E-state index contributed by atoms with van der Waals surface area (Å²) in [5.74, 6) is -0.284. The van der Waals surface area contributed by atoms with Gasteiger partial charge in [-0.25, -0.2) is 4.39 Å². The molecule has 1 amide bonds. The minimum atomic E-state index is -0.246. The lowest BCUT2D eigenvalue weighted by molar-refractivity contribution is -0.121. The Hall–Kier alpha value is -1.46. The minimum Gasteiger partial charge on any atom is -0.351 e. The van der Waals surface area contributed by atoms with Crippen LogP contribution in [0.3, 0.4) is 0 Å². The summed E-state index contributed by atoms with van der Waals surface area (Å²) < 4.78 is 13.3. The van der Waals surface area contributed by atoms with Crippen LogP contribution in [0.5, 0.6) is 0 Å². The van der Waals surface area contributed by atoms with Gasteiger partial charge in [-0.3, -0.25) is 15.6 Å². The molecule has 0 aromatic heterocycles. The summed E-state index contributed by atoms with van der Waals surface area (Å²) in [5, 5.41) is 2.88. The molecule has 5 heteroatoms.